The van der Waals surface area contributed by atoms with E-state index in [1.54, 1.807) is 43.3 Å². The summed E-state index contributed by atoms with van der Waals surface area (Å²) in [7, 11) is -4.04. The van der Waals surface area contributed by atoms with E-state index in [1.807, 2.05) is 4.90 Å². The van der Waals surface area contributed by atoms with Crippen LogP contribution in [-0.2, 0) is 21.5 Å². The van der Waals surface area contributed by atoms with E-state index in [0.29, 0.717) is 12.1 Å². The maximum absolute atomic E-state index is 12.8. The van der Waals surface area contributed by atoms with E-state index >= 15 is 0 Å². The molecule has 0 unspecified atom stereocenters. The Hall–Kier alpha value is -2.05. The number of hydrogen-bond donors (Lipinski definition) is 0. The van der Waals surface area contributed by atoms with Gasteiger partial charge >= 0.3 is 10.1 Å². The first-order valence-electron chi connectivity index (χ1n) is 10.3. The van der Waals surface area contributed by atoms with E-state index in [1.165, 1.54) is 6.07 Å². The van der Waals surface area contributed by atoms with Crippen molar-refractivity contribution < 1.29 is 17.4 Å². The molecular formula is C23H28ClNO4S. The third-order valence-corrected chi connectivity index (χ3v) is 7.64. The van der Waals surface area contributed by atoms with Gasteiger partial charge in [-0.05, 0) is 62.4 Å². The topological polar surface area (TPSA) is 63.7 Å². The first kappa shape index (κ1) is 22.6. The highest BCUT2D eigenvalue weighted by molar-refractivity contribution is 7.87. The average Bonchev–Trinajstić information content (AvgIpc) is 2.64. The third kappa shape index (κ3) is 4.98. The van der Waals surface area contributed by atoms with Gasteiger partial charge in [-0.3, -0.25) is 4.79 Å². The van der Waals surface area contributed by atoms with E-state index in [4.69, 9.17) is 15.8 Å². The fourth-order valence-corrected chi connectivity index (χ4v) is 5.23. The predicted molar refractivity (Wildman–Crippen MR) is 118 cm³/mol. The van der Waals surface area contributed by atoms with Gasteiger partial charge < -0.3 is 9.08 Å². The number of carbonyl (C=O) groups is 1. The van der Waals surface area contributed by atoms with Crippen LogP contribution in [0.25, 0.3) is 0 Å². The zero-order valence-electron chi connectivity index (χ0n) is 17.6. The zero-order valence-corrected chi connectivity index (χ0v) is 19.2. The van der Waals surface area contributed by atoms with E-state index in [9.17, 15) is 13.2 Å². The molecule has 0 spiro atoms. The summed E-state index contributed by atoms with van der Waals surface area (Å²) in [5, 5.41) is 0.130. The lowest BCUT2D eigenvalue weighted by Gasteiger charge is -2.35. The first-order chi connectivity index (χ1) is 14.2. The smallest absolute Gasteiger partial charge is 0.340 e. The molecule has 1 amide bonds. The molecule has 0 N–H and O–H groups in total. The molecule has 162 valence electrons. The van der Waals surface area contributed by atoms with Gasteiger partial charge in [0.2, 0.25) is 5.91 Å². The molecule has 1 aliphatic carbocycles. The van der Waals surface area contributed by atoms with Crippen LogP contribution in [0, 0.1) is 12.8 Å². The largest absolute Gasteiger partial charge is 0.379 e. The lowest BCUT2D eigenvalue weighted by molar-refractivity contribution is -0.141. The van der Waals surface area contributed by atoms with Crippen LogP contribution < -0.4 is 4.18 Å². The van der Waals surface area contributed by atoms with Gasteiger partial charge in [-0.1, -0.05) is 49.2 Å². The molecule has 7 heteroatoms. The van der Waals surface area contributed by atoms with Crippen LogP contribution in [0.1, 0.15) is 50.7 Å². The Morgan fingerprint density at radius 3 is 2.40 bits per heavy atom. The monoisotopic (exact) mass is 449 g/mol. The van der Waals surface area contributed by atoms with Crippen LogP contribution in [0.4, 0.5) is 0 Å². The van der Waals surface area contributed by atoms with Gasteiger partial charge in [0.05, 0.1) is 5.02 Å². The van der Waals surface area contributed by atoms with Gasteiger partial charge in [-0.25, -0.2) is 0 Å². The number of benzene rings is 2. The summed E-state index contributed by atoms with van der Waals surface area (Å²) in [6.45, 7) is 6.31. The van der Waals surface area contributed by atoms with Gasteiger partial charge in [-0.2, -0.15) is 8.42 Å². The molecule has 0 saturated heterocycles. The molecule has 0 aliphatic heterocycles. The zero-order chi connectivity index (χ0) is 21.9. The maximum Gasteiger partial charge on any atom is 0.340 e. The summed E-state index contributed by atoms with van der Waals surface area (Å²) in [5.74, 6) is 0.566. The lowest BCUT2D eigenvalue weighted by atomic mass is 9.84. The molecule has 2 aromatic carbocycles. The first-order valence-corrected chi connectivity index (χ1v) is 12.1. The number of halogens is 1. The van der Waals surface area contributed by atoms with Crippen molar-refractivity contribution in [3.05, 3.63) is 58.6 Å². The molecule has 1 fully saturated rings. The summed E-state index contributed by atoms with van der Waals surface area (Å²) in [5.41, 5.74) is 1.46. The van der Waals surface area contributed by atoms with Crippen LogP contribution in [-0.4, -0.2) is 25.3 Å². The van der Waals surface area contributed by atoms with Crippen LogP contribution >= 0.6 is 11.6 Å². The van der Waals surface area contributed by atoms with Gasteiger partial charge in [0, 0.05) is 18.5 Å². The maximum atomic E-state index is 12.8. The van der Waals surface area contributed by atoms with Crippen LogP contribution in [0.5, 0.6) is 5.75 Å². The van der Waals surface area contributed by atoms with Crippen molar-refractivity contribution in [2.75, 3.05) is 0 Å². The van der Waals surface area contributed by atoms with Crippen LogP contribution in [0.3, 0.4) is 0 Å². The third-order valence-electron chi connectivity index (χ3n) is 5.76. The Labute approximate surface area is 184 Å². The summed E-state index contributed by atoms with van der Waals surface area (Å²) < 4.78 is 30.7. The van der Waals surface area contributed by atoms with Crippen molar-refractivity contribution in [1.29, 1.82) is 0 Å². The molecule has 0 radical (unpaired) electrons. The Balaban J connectivity index is 1.74. The van der Waals surface area contributed by atoms with E-state index in [-0.39, 0.29) is 33.5 Å². The highest BCUT2D eigenvalue weighted by atomic mass is 35.5. The number of aryl methyl sites for hydroxylation is 1. The molecule has 0 heterocycles. The minimum Gasteiger partial charge on any atom is -0.379 e. The van der Waals surface area contributed by atoms with Crippen molar-refractivity contribution in [1.82, 2.24) is 4.90 Å². The minimum absolute atomic E-state index is 0.0233. The number of rotatable bonds is 8. The molecule has 0 aromatic heterocycles. The second kappa shape index (κ2) is 9.40. The van der Waals surface area contributed by atoms with Crippen molar-refractivity contribution in [2.24, 2.45) is 5.92 Å². The minimum atomic E-state index is -4.04. The van der Waals surface area contributed by atoms with Crippen molar-refractivity contribution in [3.8, 4) is 5.75 Å². The highest BCUT2D eigenvalue weighted by Gasteiger charge is 2.31. The summed E-state index contributed by atoms with van der Waals surface area (Å²) in [4.78, 5) is 14.7. The summed E-state index contributed by atoms with van der Waals surface area (Å²) >= 11 is 6.08. The van der Waals surface area contributed by atoms with Crippen molar-refractivity contribution >= 4 is 27.6 Å². The summed E-state index contributed by atoms with van der Waals surface area (Å²) in [6, 6.07) is 11.9. The Bertz CT molecular complexity index is 980. The van der Waals surface area contributed by atoms with E-state index in [0.717, 1.165) is 31.2 Å². The van der Waals surface area contributed by atoms with Crippen molar-refractivity contribution in [2.45, 2.75) is 63.9 Å². The molecule has 1 aliphatic rings. The molecular weight excluding hydrogens is 422 g/mol. The molecule has 0 bridgehead atoms. The fraction of sp³-hybridized carbons (Fsp3) is 0.435. The molecule has 1 saturated carbocycles. The molecule has 30 heavy (non-hydrogen) atoms. The van der Waals surface area contributed by atoms with Gasteiger partial charge in [0.1, 0.15) is 10.6 Å². The van der Waals surface area contributed by atoms with Crippen LogP contribution in [0.15, 0.2) is 47.4 Å². The number of amides is 1. The van der Waals surface area contributed by atoms with E-state index < -0.39 is 10.1 Å². The SMILES string of the molecule is CC[C@@H](C)N(Cc1ccc(OS(=O)(=O)c2c(C)cccc2Cl)cc1)C(=O)C1CCC1. The second-order valence-electron chi connectivity index (χ2n) is 7.92. The molecule has 5 nitrogen and oxygen atoms in total. The lowest BCUT2D eigenvalue weighted by Crippen LogP contribution is -2.43. The normalized spacial score (nSPS) is 15.3. The Morgan fingerprint density at radius 2 is 1.87 bits per heavy atom. The van der Waals surface area contributed by atoms with Crippen LogP contribution in [0.2, 0.25) is 5.02 Å². The number of carbonyl (C=O) groups excluding carboxylic acids is 1. The predicted octanol–water partition coefficient (Wildman–Crippen LogP) is 5.34. The highest BCUT2D eigenvalue weighted by Crippen LogP contribution is 2.31. The van der Waals surface area contributed by atoms with Gasteiger partial charge in [0.15, 0.2) is 0 Å². The summed E-state index contributed by atoms with van der Waals surface area (Å²) in [6.07, 6.45) is 3.95. The van der Waals surface area contributed by atoms with E-state index in [2.05, 4.69) is 13.8 Å². The van der Waals surface area contributed by atoms with Gasteiger partial charge in [-0.15, -0.1) is 0 Å². The quantitative estimate of drug-likeness (QED) is 0.510. The fourth-order valence-electron chi connectivity index (χ4n) is 3.51. The standard InChI is InChI=1S/C23H28ClNO4S/c1-4-17(3)25(23(26)19-8-6-9-19)15-18-11-13-20(14-12-18)29-30(27,28)22-16(2)7-5-10-21(22)24/h5,7,10-14,17,19H,4,6,8-9,15H2,1-3H3/t17-/m1/s1. The van der Waals surface area contributed by atoms with Gasteiger partial charge in [0.25, 0.3) is 0 Å². The molecule has 1 atom stereocenters. The molecule has 2 aromatic rings. The Morgan fingerprint density at radius 1 is 1.20 bits per heavy atom. The van der Waals surface area contributed by atoms with Crippen molar-refractivity contribution in [3.63, 3.8) is 0 Å². The second-order valence-corrected chi connectivity index (χ2v) is 9.81. The number of hydrogen-bond acceptors (Lipinski definition) is 4. The Kier molecular flexibility index (Phi) is 7.09. The average molecular weight is 450 g/mol. The molecule has 3 rings (SSSR count). The number of nitrogens with zero attached hydrogens (tertiary/aromatic N) is 1.